The normalized spacial score (nSPS) is 9.85. The highest BCUT2D eigenvalue weighted by molar-refractivity contribution is 5.52. The molecule has 0 saturated carbocycles. The Labute approximate surface area is 116 Å². The van der Waals surface area contributed by atoms with Crippen LogP contribution in [0.15, 0.2) is 36.4 Å². The Bertz CT molecular complexity index is 718. The van der Waals surface area contributed by atoms with Crippen molar-refractivity contribution in [2.45, 2.75) is 13.8 Å². The second kappa shape index (κ2) is 5.41. The monoisotopic (exact) mass is 268 g/mol. The summed E-state index contributed by atoms with van der Waals surface area (Å²) in [6.45, 7) is 3.83. The molecule has 0 aromatic heterocycles. The summed E-state index contributed by atoms with van der Waals surface area (Å²) < 4.78 is 5.70. The first kappa shape index (κ1) is 13.6. The summed E-state index contributed by atoms with van der Waals surface area (Å²) in [5.41, 5.74) is 1.97. The van der Waals surface area contributed by atoms with Crippen LogP contribution in [0.1, 0.15) is 16.7 Å². The van der Waals surface area contributed by atoms with Crippen LogP contribution in [0, 0.1) is 35.3 Å². The molecular formula is C15H12N2O3. The Morgan fingerprint density at radius 3 is 2.55 bits per heavy atom. The summed E-state index contributed by atoms with van der Waals surface area (Å²) in [7, 11) is 0. The van der Waals surface area contributed by atoms with Crippen LogP contribution >= 0.6 is 0 Å². The predicted molar refractivity (Wildman–Crippen MR) is 73.8 cm³/mol. The standard InChI is InChI=1S/C15H12N2O3/c1-10-3-4-11(2)15(7-10)20-14-6-5-13(17(18)19)8-12(14)9-16/h3-8H,1-2H3. The molecule has 0 atom stereocenters. The minimum Gasteiger partial charge on any atom is -0.456 e. The molecule has 0 heterocycles. The van der Waals surface area contributed by atoms with E-state index in [0.717, 1.165) is 11.1 Å². The first-order chi connectivity index (χ1) is 9.51. The SMILES string of the molecule is Cc1ccc(C)c(Oc2ccc([N+](=O)[O-])cc2C#N)c1. The van der Waals surface area contributed by atoms with E-state index < -0.39 is 4.92 Å². The van der Waals surface area contributed by atoms with E-state index in [1.165, 1.54) is 18.2 Å². The molecule has 0 aliphatic rings. The van der Waals surface area contributed by atoms with Crippen LogP contribution in [0.3, 0.4) is 0 Å². The van der Waals surface area contributed by atoms with Gasteiger partial charge in [0.05, 0.1) is 4.92 Å². The molecule has 2 rings (SSSR count). The lowest BCUT2D eigenvalue weighted by Gasteiger charge is -2.10. The van der Waals surface area contributed by atoms with Crippen molar-refractivity contribution in [3.05, 3.63) is 63.2 Å². The number of aryl methyl sites for hydroxylation is 2. The number of nitro groups is 1. The van der Waals surface area contributed by atoms with E-state index in [1.807, 2.05) is 38.1 Å². The fourth-order valence-electron chi connectivity index (χ4n) is 1.74. The lowest BCUT2D eigenvalue weighted by atomic mass is 10.1. The van der Waals surface area contributed by atoms with Crippen LogP contribution in [0.5, 0.6) is 11.5 Å². The number of ether oxygens (including phenoxy) is 1. The van der Waals surface area contributed by atoms with Gasteiger partial charge in [-0.05, 0) is 37.1 Å². The van der Waals surface area contributed by atoms with Gasteiger partial charge in [0.15, 0.2) is 0 Å². The third-order valence-corrected chi connectivity index (χ3v) is 2.86. The van der Waals surface area contributed by atoms with Gasteiger partial charge in [-0.2, -0.15) is 5.26 Å². The van der Waals surface area contributed by atoms with Crippen molar-refractivity contribution in [2.75, 3.05) is 0 Å². The summed E-state index contributed by atoms with van der Waals surface area (Å²) in [5.74, 6) is 0.946. The zero-order valence-corrected chi connectivity index (χ0v) is 11.1. The van der Waals surface area contributed by atoms with E-state index in [1.54, 1.807) is 0 Å². The second-order valence-electron chi connectivity index (χ2n) is 4.42. The zero-order chi connectivity index (χ0) is 14.7. The van der Waals surface area contributed by atoms with Gasteiger partial charge in [0.25, 0.3) is 5.69 Å². The van der Waals surface area contributed by atoms with Gasteiger partial charge >= 0.3 is 0 Å². The van der Waals surface area contributed by atoms with Crippen molar-refractivity contribution >= 4 is 5.69 Å². The van der Waals surface area contributed by atoms with E-state index in [2.05, 4.69) is 0 Å². The van der Waals surface area contributed by atoms with E-state index in [-0.39, 0.29) is 11.3 Å². The van der Waals surface area contributed by atoms with E-state index >= 15 is 0 Å². The maximum atomic E-state index is 10.7. The molecule has 5 heteroatoms. The maximum absolute atomic E-state index is 10.7. The molecule has 0 saturated heterocycles. The van der Waals surface area contributed by atoms with Gasteiger partial charge in [0.1, 0.15) is 23.1 Å². The summed E-state index contributed by atoms with van der Waals surface area (Å²) in [6, 6.07) is 11.6. The van der Waals surface area contributed by atoms with Crippen molar-refractivity contribution in [2.24, 2.45) is 0 Å². The average molecular weight is 268 g/mol. The lowest BCUT2D eigenvalue weighted by Crippen LogP contribution is -1.94. The summed E-state index contributed by atoms with van der Waals surface area (Å²) >= 11 is 0. The van der Waals surface area contributed by atoms with Crippen LogP contribution < -0.4 is 4.74 Å². The third-order valence-electron chi connectivity index (χ3n) is 2.86. The number of hydrogen-bond donors (Lipinski definition) is 0. The largest absolute Gasteiger partial charge is 0.456 e. The number of rotatable bonds is 3. The number of hydrogen-bond acceptors (Lipinski definition) is 4. The Kier molecular flexibility index (Phi) is 3.67. The van der Waals surface area contributed by atoms with Crippen LogP contribution in [0.4, 0.5) is 5.69 Å². The maximum Gasteiger partial charge on any atom is 0.271 e. The topological polar surface area (TPSA) is 76.2 Å². The molecule has 0 aliphatic carbocycles. The number of benzene rings is 2. The van der Waals surface area contributed by atoms with Gasteiger partial charge in [0.2, 0.25) is 0 Å². The molecule has 0 amide bonds. The number of nitriles is 1. The summed E-state index contributed by atoms with van der Waals surface area (Å²) in [5, 5.41) is 19.8. The molecule has 0 spiro atoms. The van der Waals surface area contributed by atoms with E-state index in [9.17, 15) is 10.1 Å². The van der Waals surface area contributed by atoms with Crippen LogP contribution in [-0.2, 0) is 0 Å². The molecular weight excluding hydrogens is 256 g/mol. The Morgan fingerprint density at radius 1 is 1.15 bits per heavy atom. The van der Waals surface area contributed by atoms with Crippen molar-refractivity contribution in [3.63, 3.8) is 0 Å². The summed E-state index contributed by atoms with van der Waals surface area (Å²) in [4.78, 5) is 10.2. The number of nitrogens with zero attached hydrogens (tertiary/aromatic N) is 2. The average Bonchev–Trinajstić information content (AvgIpc) is 2.43. The van der Waals surface area contributed by atoms with Crippen molar-refractivity contribution < 1.29 is 9.66 Å². The minimum absolute atomic E-state index is 0.130. The summed E-state index contributed by atoms with van der Waals surface area (Å²) in [6.07, 6.45) is 0. The van der Waals surface area contributed by atoms with E-state index in [0.29, 0.717) is 11.5 Å². The molecule has 100 valence electrons. The molecule has 2 aromatic rings. The number of non-ortho nitro benzene ring substituents is 1. The van der Waals surface area contributed by atoms with Gasteiger partial charge in [-0.15, -0.1) is 0 Å². The van der Waals surface area contributed by atoms with E-state index in [4.69, 9.17) is 10.00 Å². The Balaban J connectivity index is 2.41. The molecule has 0 fully saturated rings. The molecule has 2 aromatic carbocycles. The van der Waals surface area contributed by atoms with Crippen molar-refractivity contribution in [1.82, 2.24) is 0 Å². The molecule has 0 N–H and O–H groups in total. The first-order valence-corrected chi connectivity index (χ1v) is 5.95. The lowest BCUT2D eigenvalue weighted by molar-refractivity contribution is -0.384. The van der Waals surface area contributed by atoms with Gasteiger partial charge in [0, 0.05) is 12.1 Å². The zero-order valence-electron chi connectivity index (χ0n) is 11.1. The quantitative estimate of drug-likeness (QED) is 0.625. The van der Waals surface area contributed by atoms with Crippen LogP contribution in [0.2, 0.25) is 0 Å². The Morgan fingerprint density at radius 2 is 1.90 bits per heavy atom. The van der Waals surface area contributed by atoms with Gasteiger partial charge in [-0.25, -0.2) is 0 Å². The molecule has 5 nitrogen and oxygen atoms in total. The fraction of sp³-hybridized carbons (Fsp3) is 0.133. The predicted octanol–water partition coefficient (Wildman–Crippen LogP) is 3.88. The molecule has 0 unspecified atom stereocenters. The van der Waals surface area contributed by atoms with Gasteiger partial charge in [-0.1, -0.05) is 12.1 Å². The third kappa shape index (κ3) is 2.75. The highest BCUT2D eigenvalue weighted by atomic mass is 16.6. The molecule has 0 bridgehead atoms. The van der Waals surface area contributed by atoms with Crippen molar-refractivity contribution in [1.29, 1.82) is 5.26 Å². The fourth-order valence-corrected chi connectivity index (χ4v) is 1.74. The first-order valence-electron chi connectivity index (χ1n) is 5.95. The van der Waals surface area contributed by atoms with Crippen LogP contribution in [-0.4, -0.2) is 4.92 Å². The number of nitro benzene ring substituents is 1. The van der Waals surface area contributed by atoms with Gasteiger partial charge < -0.3 is 4.74 Å². The smallest absolute Gasteiger partial charge is 0.271 e. The molecule has 20 heavy (non-hydrogen) atoms. The second-order valence-corrected chi connectivity index (χ2v) is 4.42. The van der Waals surface area contributed by atoms with Crippen LogP contribution in [0.25, 0.3) is 0 Å². The van der Waals surface area contributed by atoms with Gasteiger partial charge in [-0.3, -0.25) is 10.1 Å². The van der Waals surface area contributed by atoms with Crippen molar-refractivity contribution in [3.8, 4) is 17.6 Å². The highest BCUT2D eigenvalue weighted by Crippen LogP contribution is 2.30. The highest BCUT2D eigenvalue weighted by Gasteiger charge is 2.13. The molecule has 0 aliphatic heterocycles. The minimum atomic E-state index is -0.539. The molecule has 0 radical (unpaired) electrons. The Hall–Kier alpha value is -2.87.